The van der Waals surface area contributed by atoms with Gasteiger partial charge in [-0.3, -0.25) is 0 Å². The van der Waals surface area contributed by atoms with Gasteiger partial charge in [0, 0.05) is 6.54 Å². The Labute approximate surface area is 109 Å². The fraction of sp³-hybridized carbons (Fsp3) is 0.385. The van der Waals surface area contributed by atoms with Gasteiger partial charge in [0.2, 0.25) is 0 Å². The van der Waals surface area contributed by atoms with Gasteiger partial charge in [0.05, 0.1) is 10.2 Å². The van der Waals surface area contributed by atoms with Crippen LogP contribution in [0.4, 0.5) is 5.13 Å². The number of nitrogens with zero attached hydrogens (tertiary/aromatic N) is 2. The molecule has 1 fully saturated rings. The Bertz CT molecular complexity index is 548. The van der Waals surface area contributed by atoms with Crippen molar-refractivity contribution in [3.8, 4) is 0 Å². The topological polar surface area (TPSA) is 53.4 Å². The molecule has 0 spiro atoms. The van der Waals surface area contributed by atoms with E-state index in [1.807, 2.05) is 29.2 Å². The lowest BCUT2D eigenvalue weighted by Crippen LogP contribution is -2.44. The standard InChI is InChI=1S/C13H14N2O2S/c16-12(17)10-6-3-4-8-15(10)13-14-9-5-1-2-7-11(9)18-13/h1-2,5,7,10H,3-4,6,8H2,(H,16,17)/t10-/m0/s1. The summed E-state index contributed by atoms with van der Waals surface area (Å²) in [6.45, 7) is 0.788. The molecule has 3 rings (SSSR count). The Hall–Kier alpha value is -1.62. The number of anilines is 1. The van der Waals surface area contributed by atoms with E-state index in [0.29, 0.717) is 6.42 Å². The van der Waals surface area contributed by atoms with E-state index in [0.717, 1.165) is 34.7 Å². The summed E-state index contributed by atoms with van der Waals surface area (Å²) in [5.74, 6) is -0.742. The minimum absolute atomic E-state index is 0.417. The van der Waals surface area contributed by atoms with E-state index in [2.05, 4.69) is 4.98 Å². The zero-order chi connectivity index (χ0) is 12.5. The van der Waals surface area contributed by atoms with Crippen LogP contribution >= 0.6 is 11.3 Å². The molecule has 1 atom stereocenters. The van der Waals surface area contributed by atoms with Crippen molar-refractivity contribution < 1.29 is 9.90 Å². The van der Waals surface area contributed by atoms with Crippen molar-refractivity contribution in [1.29, 1.82) is 0 Å². The van der Waals surface area contributed by atoms with Crippen LogP contribution < -0.4 is 4.90 Å². The summed E-state index contributed by atoms with van der Waals surface area (Å²) in [6, 6.07) is 7.51. The number of carboxylic acid groups (broad SMARTS) is 1. The molecule has 1 N–H and O–H groups in total. The maximum absolute atomic E-state index is 11.3. The van der Waals surface area contributed by atoms with Crippen molar-refractivity contribution in [2.24, 2.45) is 0 Å². The van der Waals surface area contributed by atoms with E-state index in [1.54, 1.807) is 11.3 Å². The number of para-hydroxylation sites is 1. The van der Waals surface area contributed by atoms with E-state index < -0.39 is 12.0 Å². The number of piperidine rings is 1. The number of rotatable bonds is 2. The fourth-order valence-corrected chi connectivity index (χ4v) is 3.44. The number of benzene rings is 1. The number of thiazole rings is 1. The molecule has 0 saturated carbocycles. The first-order valence-corrected chi connectivity index (χ1v) is 6.92. The lowest BCUT2D eigenvalue weighted by atomic mass is 10.0. The highest BCUT2D eigenvalue weighted by atomic mass is 32.1. The van der Waals surface area contributed by atoms with Crippen LogP contribution in [0, 0.1) is 0 Å². The second kappa shape index (κ2) is 4.57. The molecule has 1 aromatic heterocycles. The highest BCUT2D eigenvalue weighted by Gasteiger charge is 2.30. The molecule has 1 aliphatic rings. The van der Waals surface area contributed by atoms with E-state index in [9.17, 15) is 9.90 Å². The molecule has 0 radical (unpaired) electrons. The van der Waals surface area contributed by atoms with Crippen LogP contribution in [-0.2, 0) is 4.79 Å². The highest BCUT2D eigenvalue weighted by Crippen LogP contribution is 2.32. The average molecular weight is 262 g/mol. The van der Waals surface area contributed by atoms with Gasteiger partial charge in [0.25, 0.3) is 0 Å². The Kier molecular flexibility index (Phi) is 2.91. The van der Waals surface area contributed by atoms with Gasteiger partial charge in [0.1, 0.15) is 6.04 Å². The largest absolute Gasteiger partial charge is 0.480 e. The van der Waals surface area contributed by atoms with E-state index >= 15 is 0 Å². The summed E-state index contributed by atoms with van der Waals surface area (Å²) in [7, 11) is 0. The van der Waals surface area contributed by atoms with Gasteiger partial charge >= 0.3 is 5.97 Å². The maximum Gasteiger partial charge on any atom is 0.326 e. The number of carbonyl (C=O) groups is 1. The molecular formula is C13H14N2O2S. The van der Waals surface area contributed by atoms with Crippen LogP contribution in [0.1, 0.15) is 19.3 Å². The van der Waals surface area contributed by atoms with Crippen molar-refractivity contribution in [3.05, 3.63) is 24.3 Å². The third-order valence-electron chi connectivity index (χ3n) is 3.32. The summed E-state index contributed by atoms with van der Waals surface area (Å²) >= 11 is 1.58. The smallest absolute Gasteiger partial charge is 0.326 e. The molecule has 0 bridgehead atoms. The first-order valence-electron chi connectivity index (χ1n) is 6.11. The number of hydrogen-bond donors (Lipinski definition) is 1. The Morgan fingerprint density at radius 1 is 1.39 bits per heavy atom. The summed E-state index contributed by atoms with van der Waals surface area (Å²) in [5, 5.41) is 10.1. The number of carboxylic acids is 1. The predicted molar refractivity (Wildman–Crippen MR) is 72.2 cm³/mol. The molecule has 94 valence electrons. The summed E-state index contributed by atoms with van der Waals surface area (Å²) in [6.07, 6.45) is 2.74. The van der Waals surface area contributed by atoms with Crippen LogP contribution in [0.3, 0.4) is 0 Å². The molecule has 18 heavy (non-hydrogen) atoms. The third kappa shape index (κ3) is 1.95. The quantitative estimate of drug-likeness (QED) is 0.904. The minimum Gasteiger partial charge on any atom is -0.480 e. The minimum atomic E-state index is -0.742. The Morgan fingerprint density at radius 3 is 3.00 bits per heavy atom. The fourth-order valence-electron chi connectivity index (χ4n) is 2.40. The zero-order valence-corrected chi connectivity index (χ0v) is 10.7. The van der Waals surface area contributed by atoms with Crippen LogP contribution in [0.25, 0.3) is 10.2 Å². The van der Waals surface area contributed by atoms with Crippen molar-refractivity contribution in [2.45, 2.75) is 25.3 Å². The molecule has 1 aromatic carbocycles. The Morgan fingerprint density at radius 2 is 2.22 bits per heavy atom. The normalized spacial score (nSPS) is 20.2. The SMILES string of the molecule is O=C(O)[C@@H]1CCCCN1c1nc2ccccc2s1. The number of aliphatic carboxylic acids is 1. The summed E-state index contributed by atoms with van der Waals surface area (Å²) in [4.78, 5) is 17.8. The molecule has 5 heteroatoms. The van der Waals surface area contributed by atoms with E-state index in [1.165, 1.54) is 0 Å². The molecule has 1 aliphatic heterocycles. The predicted octanol–water partition coefficient (Wildman–Crippen LogP) is 2.74. The van der Waals surface area contributed by atoms with Gasteiger partial charge in [-0.05, 0) is 31.4 Å². The monoisotopic (exact) mass is 262 g/mol. The molecule has 1 saturated heterocycles. The van der Waals surface area contributed by atoms with Gasteiger partial charge in [-0.25, -0.2) is 9.78 Å². The van der Waals surface area contributed by atoms with Gasteiger partial charge in [-0.1, -0.05) is 23.5 Å². The number of aromatic nitrogens is 1. The van der Waals surface area contributed by atoms with Crippen LogP contribution in [0.15, 0.2) is 24.3 Å². The third-order valence-corrected chi connectivity index (χ3v) is 4.39. The highest BCUT2D eigenvalue weighted by molar-refractivity contribution is 7.22. The van der Waals surface area contributed by atoms with Gasteiger partial charge in [-0.2, -0.15) is 0 Å². The Balaban J connectivity index is 1.98. The molecule has 0 aliphatic carbocycles. The van der Waals surface area contributed by atoms with E-state index in [4.69, 9.17) is 0 Å². The van der Waals surface area contributed by atoms with Crippen molar-refractivity contribution in [2.75, 3.05) is 11.4 Å². The molecule has 4 nitrogen and oxygen atoms in total. The summed E-state index contributed by atoms with van der Waals surface area (Å²) in [5.41, 5.74) is 0.951. The summed E-state index contributed by atoms with van der Waals surface area (Å²) < 4.78 is 1.11. The molecule has 2 aromatic rings. The zero-order valence-electron chi connectivity index (χ0n) is 9.87. The first-order chi connectivity index (χ1) is 8.75. The lowest BCUT2D eigenvalue weighted by Gasteiger charge is -2.32. The van der Waals surface area contributed by atoms with Crippen LogP contribution in [-0.4, -0.2) is 28.6 Å². The first kappa shape index (κ1) is 11.5. The van der Waals surface area contributed by atoms with Crippen molar-refractivity contribution in [3.63, 3.8) is 0 Å². The second-order valence-electron chi connectivity index (χ2n) is 4.51. The molecule has 0 amide bonds. The van der Waals surface area contributed by atoms with Gasteiger partial charge in [-0.15, -0.1) is 0 Å². The van der Waals surface area contributed by atoms with Crippen LogP contribution in [0.5, 0.6) is 0 Å². The van der Waals surface area contributed by atoms with E-state index in [-0.39, 0.29) is 0 Å². The maximum atomic E-state index is 11.3. The molecule has 2 heterocycles. The number of hydrogen-bond acceptors (Lipinski definition) is 4. The second-order valence-corrected chi connectivity index (χ2v) is 5.52. The molecule has 0 unspecified atom stereocenters. The number of fused-ring (bicyclic) bond motifs is 1. The van der Waals surface area contributed by atoms with Gasteiger partial charge < -0.3 is 10.0 Å². The molecular weight excluding hydrogens is 248 g/mol. The van der Waals surface area contributed by atoms with Crippen molar-refractivity contribution in [1.82, 2.24) is 4.98 Å². The average Bonchev–Trinajstić information content (AvgIpc) is 2.82. The van der Waals surface area contributed by atoms with Crippen LogP contribution in [0.2, 0.25) is 0 Å². The van der Waals surface area contributed by atoms with Crippen molar-refractivity contribution >= 4 is 32.7 Å². The lowest BCUT2D eigenvalue weighted by molar-refractivity contribution is -0.139. The van der Waals surface area contributed by atoms with Gasteiger partial charge in [0.15, 0.2) is 5.13 Å².